The largest absolute Gasteiger partial charge is 0.453 e. The van der Waals surface area contributed by atoms with Gasteiger partial charge in [0.2, 0.25) is 0 Å². The molecule has 0 saturated carbocycles. The van der Waals surface area contributed by atoms with Crippen LogP contribution in [0.15, 0.2) is 21.9 Å². The van der Waals surface area contributed by atoms with E-state index in [-0.39, 0.29) is 18.5 Å². The molecule has 0 spiro atoms. The van der Waals surface area contributed by atoms with Gasteiger partial charge >= 0.3 is 19.9 Å². The lowest BCUT2D eigenvalue weighted by Crippen LogP contribution is -2.40. The zero-order valence-corrected chi connectivity index (χ0v) is 30.4. The van der Waals surface area contributed by atoms with Crippen LogP contribution in [0.4, 0.5) is 0 Å². The molecule has 0 aliphatic carbocycles. The maximum absolute atomic E-state index is 12.4. The van der Waals surface area contributed by atoms with Gasteiger partial charge in [0.15, 0.2) is 12.3 Å². The molecular formula is C34H60N3O11P. The third kappa shape index (κ3) is 17.4. The number of hydrogen-bond acceptors (Lipinski definition) is 10. The highest BCUT2D eigenvalue weighted by Gasteiger charge is 2.48. The second-order valence-electron chi connectivity index (χ2n) is 12.8. The van der Waals surface area contributed by atoms with E-state index >= 15 is 0 Å². The average molecular weight is 718 g/mol. The van der Waals surface area contributed by atoms with Gasteiger partial charge in [0, 0.05) is 31.8 Å². The van der Waals surface area contributed by atoms with Gasteiger partial charge in [-0.25, -0.2) is 4.79 Å². The zero-order chi connectivity index (χ0) is 35.9. The van der Waals surface area contributed by atoms with Gasteiger partial charge in [-0.05, 0) is 26.2 Å². The predicted octanol–water partition coefficient (Wildman–Crippen LogP) is 4.67. The first-order valence-corrected chi connectivity index (χ1v) is 19.5. The van der Waals surface area contributed by atoms with E-state index in [1.807, 2.05) is 0 Å². The molecule has 2 heterocycles. The lowest BCUT2D eigenvalue weighted by Gasteiger charge is -2.24. The van der Waals surface area contributed by atoms with Crippen molar-refractivity contribution in [2.75, 3.05) is 19.8 Å². The summed E-state index contributed by atoms with van der Waals surface area (Å²) in [6, 6.07) is 1.13. The third-order valence-electron chi connectivity index (χ3n) is 8.67. The Hall–Kier alpha value is -2.35. The third-order valence-corrected chi connectivity index (χ3v) is 9.14. The Labute approximate surface area is 290 Å². The highest BCUT2D eigenvalue weighted by atomic mass is 31.1. The lowest BCUT2D eigenvalue weighted by atomic mass is 10.0. The predicted molar refractivity (Wildman–Crippen MR) is 185 cm³/mol. The van der Waals surface area contributed by atoms with Gasteiger partial charge in [-0.15, -0.1) is 0 Å². The number of aliphatic hydroxyl groups excluding tert-OH is 1. The molecule has 14 nitrogen and oxygen atoms in total. The maximum Gasteiger partial charge on any atom is 0.330 e. The quantitative estimate of drug-likeness (QED) is 0.0534. The molecule has 15 heteroatoms. The smallest absolute Gasteiger partial charge is 0.330 e. The Bertz CT molecular complexity index is 1210. The van der Waals surface area contributed by atoms with Crippen molar-refractivity contribution in [2.24, 2.45) is 0 Å². The van der Waals surface area contributed by atoms with Crippen LogP contribution in [0.3, 0.4) is 0 Å². The van der Waals surface area contributed by atoms with Crippen molar-refractivity contribution in [1.82, 2.24) is 14.9 Å². The Morgan fingerprint density at radius 3 is 2.12 bits per heavy atom. The number of aromatic amines is 1. The molecule has 0 radical (unpaired) electrons. The van der Waals surface area contributed by atoms with Gasteiger partial charge in [0.05, 0.1) is 6.61 Å². The van der Waals surface area contributed by atoms with Crippen LogP contribution in [0, 0.1) is 0 Å². The topological polar surface area (TPSA) is 195 Å². The van der Waals surface area contributed by atoms with Crippen molar-refractivity contribution in [1.29, 1.82) is 0 Å². The summed E-state index contributed by atoms with van der Waals surface area (Å²) in [5, 5.41) is 12.5. The van der Waals surface area contributed by atoms with E-state index in [1.54, 1.807) is 6.92 Å². The molecule has 0 bridgehead atoms. The molecule has 1 aliphatic heterocycles. The Kier molecular flexibility index (Phi) is 22.3. The number of hydrogen-bond donors (Lipinski definition) is 4. The van der Waals surface area contributed by atoms with Gasteiger partial charge in [-0.2, -0.15) is 0 Å². The molecule has 4 unspecified atom stereocenters. The summed E-state index contributed by atoms with van der Waals surface area (Å²) in [4.78, 5) is 59.9. The van der Waals surface area contributed by atoms with Crippen molar-refractivity contribution in [3.05, 3.63) is 33.1 Å². The molecule has 1 saturated heterocycles. The van der Waals surface area contributed by atoms with E-state index < -0.39 is 56.8 Å². The summed E-state index contributed by atoms with van der Waals surface area (Å²) < 4.78 is 34.6. The lowest BCUT2D eigenvalue weighted by molar-refractivity contribution is -0.154. The van der Waals surface area contributed by atoms with E-state index in [9.17, 15) is 33.7 Å². The van der Waals surface area contributed by atoms with E-state index in [2.05, 4.69) is 17.2 Å². The molecule has 1 aromatic rings. The molecule has 0 aromatic carbocycles. The van der Waals surface area contributed by atoms with E-state index in [1.165, 1.54) is 70.4 Å². The Morgan fingerprint density at radius 2 is 1.53 bits per heavy atom. The number of amides is 1. The number of nitrogens with one attached hydrogen (secondary N) is 2. The van der Waals surface area contributed by atoms with Crippen LogP contribution in [0.25, 0.3) is 0 Å². The normalized spacial score (nSPS) is 20.2. The SMILES string of the molecule is CCCCCCCCCCCCCCCC(=O)OC(C)C(=O)NCCCCCCOC1C(O[PH](=O)O)[C@@H](CO)O[C@H]1n1ccc(=O)[nH]c1=O. The van der Waals surface area contributed by atoms with Crippen LogP contribution >= 0.6 is 8.25 Å². The molecule has 1 aromatic heterocycles. The van der Waals surface area contributed by atoms with Crippen LogP contribution in [0.1, 0.15) is 136 Å². The Balaban J connectivity index is 1.56. The van der Waals surface area contributed by atoms with Crippen LogP contribution in [0.5, 0.6) is 0 Å². The number of carbonyl (C=O) groups is 2. The van der Waals surface area contributed by atoms with Gasteiger partial charge < -0.3 is 34.1 Å². The van der Waals surface area contributed by atoms with Crippen LogP contribution in [0.2, 0.25) is 0 Å². The van der Waals surface area contributed by atoms with Gasteiger partial charge in [0.1, 0.15) is 18.3 Å². The zero-order valence-electron chi connectivity index (χ0n) is 29.4. The summed E-state index contributed by atoms with van der Waals surface area (Å²) in [7, 11) is -3.42. The number of nitrogens with zero attached hydrogens (tertiary/aromatic N) is 1. The summed E-state index contributed by atoms with van der Waals surface area (Å²) in [6.45, 7) is 3.89. The average Bonchev–Trinajstić information content (AvgIpc) is 3.40. The second-order valence-corrected chi connectivity index (χ2v) is 13.5. The summed E-state index contributed by atoms with van der Waals surface area (Å²) in [5.41, 5.74) is -1.36. The van der Waals surface area contributed by atoms with Crippen molar-refractivity contribution < 1.29 is 42.9 Å². The first-order valence-electron chi connectivity index (χ1n) is 18.2. The Morgan fingerprint density at radius 1 is 0.939 bits per heavy atom. The number of ether oxygens (including phenoxy) is 3. The van der Waals surface area contributed by atoms with E-state index in [0.717, 1.165) is 42.7 Å². The fourth-order valence-electron chi connectivity index (χ4n) is 5.89. The number of H-pyrrole nitrogens is 1. The summed E-state index contributed by atoms with van der Waals surface area (Å²) >= 11 is 0. The van der Waals surface area contributed by atoms with Crippen LogP contribution in [-0.4, -0.2) is 75.6 Å². The van der Waals surface area contributed by atoms with Crippen molar-refractivity contribution in [2.45, 2.75) is 160 Å². The van der Waals surface area contributed by atoms with Gasteiger partial charge in [0.25, 0.3) is 11.5 Å². The van der Waals surface area contributed by atoms with Crippen molar-refractivity contribution >= 4 is 20.1 Å². The minimum Gasteiger partial charge on any atom is -0.453 e. The van der Waals surface area contributed by atoms with Crippen molar-refractivity contribution in [3.63, 3.8) is 0 Å². The van der Waals surface area contributed by atoms with E-state index in [0.29, 0.717) is 25.8 Å². The molecule has 49 heavy (non-hydrogen) atoms. The maximum atomic E-state index is 12.4. The number of carbonyl (C=O) groups excluding carboxylic acids is 2. The minimum atomic E-state index is -3.42. The van der Waals surface area contributed by atoms with E-state index in [4.69, 9.17) is 18.7 Å². The monoisotopic (exact) mass is 717 g/mol. The number of aromatic nitrogens is 2. The first-order chi connectivity index (χ1) is 23.7. The number of aliphatic hydroxyl groups is 1. The number of rotatable bonds is 28. The summed E-state index contributed by atoms with van der Waals surface area (Å²) in [5.74, 6) is -0.685. The number of esters is 1. The molecule has 6 atom stereocenters. The fraction of sp³-hybridized carbons (Fsp3) is 0.824. The first kappa shape index (κ1) is 42.8. The molecule has 282 valence electrons. The standard InChI is InChI=1S/C34H60N3O11P/c1-3-4-5-6-7-8-9-10-11-12-13-14-17-20-29(40)46-26(2)32(41)35-22-18-15-16-19-24-45-31-30(48-49(43)44)27(25-38)47-33(31)37-23-21-28(39)36-34(37)42/h21,23,26-27,30-31,33,38,49H,3-20,22,24-25H2,1-2H3,(H,35,41)(H,43,44)(H,36,39,42)/t26?,27-,30?,31?,33-/m1/s1. The second kappa shape index (κ2) is 25.6. The van der Waals surface area contributed by atoms with Crippen LogP contribution < -0.4 is 16.6 Å². The molecular weight excluding hydrogens is 657 g/mol. The van der Waals surface area contributed by atoms with Gasteiger partial charge in [-0.1, -0.05) is 96.8 Å². The minimum absolute atomic E-state index is 0.200. The molecule has 1 fully saturated rings. The fourth-order valence-corrected chi connectivity index (χ4v) is 6.41. The van der Waals surface area contributed by atoms with Crippen molar-refractivity contribution in [3.8, 4) is 0 Å². The highest BCUT2D eigenvalue weighted by Crippen LogP contribution is 2.37. The van der Waals surface area contributed by atoms with Gasteiger partial charge in [-0.3, -0.25) is 28.5 Å². The molecule has 1 aliphatic rings. The number of unbranched alkanes of at least 4 members (excludes halogenated alkanes) is 15. The highest BCUT2D eigenvalue weighted by molar-refractivity contribution is 7.32. The molecule has 4 N–H and O–H groups in total. The molecule has 1 amide bonds. The summed E-state index contributed by atoms with van der Waals surface area (Å²) in [6.07, 6.45) is 15.2. The van der Waals surface area contributed by atoms with Crippen LogP contribution in [-0.2, 0) is 32.9 Å². The molecule has 2 rings (SSSR count).